The number of nitrogens with zero attached hydrogens (tertiary/aromatic N) is 1. The van der Waals surface area contributed by atoms with Crippen LogP contribution in [0.1, 0.15) is 44.7 Å². The molecule has 1 aromatic carbocycles. The van der Waals surface area contributed by atoms with Crippen molar-refractivity contribution in [2.45, 2.75) is 45.2 Å². The van der Waals surface area contributed by atoms with Gasteiger partial charge in [0.05, 0.1) is 0 Å². The summed E-state index contributed by atoms with van der Waals surface area (Å²) in [7, 11) is 0. The molecule has 1 heterocycles. The predicted molar refractivity (Wildman–Crippen MR) is 77.7 cm³/mol. The van der Waals surface area contributed by atoms with E-state index in [0.29, 0.717) is 11.6 Å². The highest BCUT2D eigenvalue weighted by Crippen LogP contribution is 2.21. The van der Waals surface area contributed by atoms with Crippen molar-refractivity contribution in [2.24, 2.45) is 0 Å². The smallest absolute Gasteiger partial charge is 0.128 e. The highest BCUT2D eigenvalue weighted by atomic mass is 19.1. The molecule has 1 unspecified atom stereocenters. The molecule has 2 nitrogen and oxygen atoms in total. The van der Waals surface area contributed by atoms with E-state index in [2.05, 4.69) is 17.1 Å². The van der Waals surface area contributed by atoms with Crippen LogP contribution >= 0.6 is 0 Å². The highest BCUT2D eigenvalue weighted by Gasteiger charge is 2.21. The van der Waals surface area contributed by atoms with Crippen molar-refractivity contribution in [3.63, 3.8) is 0 Å². The molecule has 1 atom stereocenters. The molecule has 1 N–H and O–H groups in total. The Bertz CT molecular complexity index is 428. The minimum Gasteiger partial charge on any atom is -0.307 e. The van der Waals surface area contributed by atoms with Gasteiger partial charge in [0.2, 0.25) is 0 Å². The van der Waals surface area contributed by atoms with Crippen LogP contribution < -0.4 is 5.32 Å². The molecule has 1 fully saturated rings. The Kier molecular flexibility index (Phi) is 5.49. The minimum absolute atomic E-state index is 0.159. The van der Waals surface area contributed by atoms with E-state index in [1.807, 2.05) is 6.92 Å². The fourth-order valence-electron chi connectivity index (χ4n) is 2.93. The van der Waals surface area contributed by atoms with Gasteiger partial charge < -0.3 is 10.2 Å². The van der Waals surface area contributed by atoms with Gasteiger partial charge >= 0.3 is 0 Å². The van der Waals surface area contributed by atoms with E-state index >= 15 is 0 Å². The Balaban J connectivity index is 1.89. The summed E-state index contributed by atoms with van der Waals surface area (Å²) in [6.07, 6.45) is 3.32. The lowest BCUT2D eigenvalue weighted by Gasteiger charge is -2.33. The van der Waals surface area contributed by atoms with Gasteiger partial charge in [-0.15, -0.1) is 0 Å². The monoisotopic (exact) mass is 282 g/mol. The summed E-state index contributed by atoms with van der Waals surface area (Å²) in [4.78, 5) is 2.46. The Hall–Kier alpha value is -1.00. The maximum absolute atomic E-state index is 13.7. The van der Waals surface area contributed by atoms with Crippen LogP contribution in [0.2, 0.25) is 0 Å². The fraction of sp³-hybridized carbons (Fsp3) is 0.625. The zero-order chi connectivity index (χ0) is 14.5. The van der Waals surface area contributed by atoms with Crippen LogP contribution in [-0.4, -0.2) is 30.6 Å². The zero-order valence-electron chi connectivity index (χ0n) is 12.3. The first-order chi connectivity index (χ1) is 9.60. The molecule has 0 amide bonds. The molecule has 2 rings (SSSR count). The third-order valence-corrected chi connectivity index (χ3v) is 4.04. The lowest BCUT2D eigenvalue weighted by atomic mass is 10.0. The molecule has 4 heteroatoms. The van der Waals surface area contributed by atoms with Gasteiger partial charge in [0.1, 0.15) is 11.6 Å². The van der Waals surface area contributed by atoms with E-state index in [1.54, 1.807) is 0 Å². The Morgan fingerprint density at radius 2 is 2.00 bits per heavy atom. The molecule has 0 spiro atoms. The van der Waals surface area contributed by atoms with E-state index in [1.165, 1.54) is 18.6 Å². The third kappa shape index (κ3) is 4.00. The van der Waals surface area contributed by atoms with Crippen molar-refractivity contribution in [1.29, 1.82) is 0 Å². The van der Waals surface area contributed by atoms with Crippen LogP contribution in [0.4, 0.5) is 8.78 Å². The summed E-state index contributed by atoms with van der Waals surface area (Å²) in [5.41, 5.74) is 0.418. The number of hydrogen-bond acceptors (Lipinski definition) is 2. The van der Waals surface area contributed by atoms with Crippen LogP contribution in [-0.2, 0) is 0 Å². The molecule has 0 bridgehead atoms. The largest absolute Gasteiger partial charge is 0.307 e. The zero-order valence-corrected chi connectivity index (χ0v) is 12.3. The van der Waals surface area contributed by atoms with Crippen molar-refractivity contribution in [2.75, 3.05) is 19.6 Å². The molecule has 1 aromatic rings. The van der Waals surface area contributed by atoms with E-state index in [0.717, 1.165) is 38.5 Å². The molecular weight excluding hydrogens is 258 g/mol. The fourth-order valence-corrected chi connectivity index (χ4v) is 2.93. The summed E-state index contributed by atoms with van der Waals surface area (Å²) >= 11 is 0. The molecule has 112 valence electrons. The second-order valence-corrected chi connectivity index (χ2v) is 5.67. The van der Waals surface area contributed by atoms with Gasteiger partial charge in [-0.3, -0.25) is 0 Å². The molecule has 0 aliphatic carbocycles. The number of likely N-dealkylation sites (tertiary alicyclic amines) is 1. The van der Waals surface area contributed by atoms with Crippen molar-refractivity contribution >= 4 is 0 Å². The van der Waals surface area contributed by atoms with E-state index < -0.39 is 0 Å². The van der Waals surface area contributed by atoms with Crippen molar-refractivity contribution < 1.29 is 8.78 Å². The van der Waals surface area contributed by atoms with Gasteiger partial charge in [-0.1, -0.05) is 6.92 Å². The summed E-state index contributed by atoms with van der Waals surface area (Å²) in [5, 5.41) is 3.43. The van der Waals surface area contributed by atoms with E-state index in [9.17, 15) is 8.78 Å². The van der Waals surface area contributed by atoms with E-state index in [-0.39, 0.29) is 17.7 Å². The Morgan fingerprint density at radius 3 is 2.65 bits per heavy atom. The molecule has 1 aliphatic rings. The molecule has 20 heavy (non-hydrogen) atoms. The minimum atomic E-state index is -0.382. The standard InChI is InChI=1S/C16H24F2N2/c1-3-8-20-9-6-14(7-10-20)19-12(2)15-11-13(17)4-5-16(15)18/h4-5,11-12,14,19H,3,6-10H2,1-2H3. The van der Waals surface area contributed by atoms with Crippen molar-refractivity contribution in [1.82, 2.24) is 10.2 Å². The number of halogens is 2. The molecule has 0 aromatic heterocycles. The third-order valence-electron chi connectivity index (χ3n) is 4.04. The quantitative estimate of drug-likeness (QED) is 0.889. The summed E-state index contributed by atoms with van der Waals surface area (Å²) in [6.45, 7) is 7.42. The number of piperidine rings is 1. The van der Waals surface area contributed by atoms with Crippen LogP contribution in [0.15, 0.2) is 18.2 Å². The topological polar surface area (TPSA) is 15.3 Å². The number of benzene rings is 1. The first-order valence-electron chi connectivity index (χ1n) is 7.53. The number of hydrogen-bond donors (Lipinski definition) is 1. The predicted octanol–water partition coefficient (Wildman–Crippen LogP) is 3.49. The summed E-state index contributed by atoms with van der Waals surface area (Å²) in [5.74, 6) is -0.720. The highest BCUT2D eigenvalue weighted by molar-refractivity contribution is 5.22. The van der Waals surface area contributed by atoms with Gasteiger partial charge in [-0.25, -0.2) is 8.78 Å². The molecule has 0 radical (unpaired) electrons. The lowest BCUT2D eigenvalue weighted by Crippen LogP contribution is -2.43. The van der Waals surface area contributed by atoms with Gasteiger partial charge in [0.25, 0.3) is 0 Å². The number of rotatable bonds is 5. The maximum Gasteiger partial charge on any atom is 0.128 e. The van der Waals surface area contributed by atoms with Crippen molar-refractivity contribution in [3.8, 4) is 0 Å². The average molecular weight is 282 g/mol. The number of nitrogens with one attached hydrogen (secondary N) is 1. The molecular formula is C16H24F2N2. The summed E-state index contributed by atoms with van der Waals surface area (Å²) in [6, 6.07) is 3.88. The molecule has 1 aliphatic heterocycles. The summed E-state index contributed by atoms with van der Waals surface area (Å²) < 4.78 is 26.9. The van der Waals surface area contributed by atoms with Crippen LogP contribution in [0.3, 0.4) is 0 Å². The molecule has 1 saturated heterocycles. The normalized spacial score (nSPS) is 19.2. The first kappa shape index (κ1) is 15.4. The SMILES string of the molecule is CCCN1CCC(NC(C)c2cc(F)ccc2F)CC1. The lowest BCUT2D eigenvalue weighted by molar-refractivity contribution is 0.192. The molecule has 0 saturated carbocycles. The van der Waals surface area contributed by atoms with Gasteiger partial charge in [-0.05, 0) is 64.0 Å². The van der Waals surface area contributed by atoms with Gasteiger partial charge in [0.15, 0.2) is 0 Å². The van der Waals surface area contributed by atoms with E-state index in [4.69, 9.17) is 0 Å². The van der Waals surface area contributed by atoms with Crippen LogP contribution in [0.25, 0.3) is 0 Å². The second kappa shape index (κ2) is 7.14. The van der Waals surface area contributed by atoms with Gasteiger partial charge in [0, 0.05) is 17.6 Å². The van der Waals surface area contributed by atoms with Crippen molar-refractivity contribution in [3.05, 3.63) is 35.4 Å². The van der Waals surface area contributed by atoms with Gasteiger partial charge in [-0.2, -0.15) is 0 Å². The maximum atomic E-state index is 13.7. The second-order valence-electron chi connectivity index (χ2n) is 5.67. The Labute approximate surface area is 120 Å². The average Bonchev–Trinajstić information content (AvgIpc) is 2.44. The van der Waals surface area contributed by atoms with Crippen LogP contribution in [0, 0.1) is 11.6 Å². The Morgan fingerprint density at radius 1 is 1.30 bits per heavy atom. The van der Waals surface area contributed by atoms with Crippen LogP contribution in [0.5, 0.6) is 0 Å². The first-order valence-corrected chi connectivity index (χ1v) is 7.53.